The van der Waals surface area contributed by atoms with Crippen LogP contribution in [0.2, 0.25) is 0 Å². The van der Waals surface area contributed by atoms with E-state index in [1.54, 1.807) is 12.4 Å². The molecule has 1 atom stereocenters. The summed E-state index contributed by atoms with van der Waals surface area (Å²) in [4.78, 5) is 15.9. The first-order valence-corrected chi connectivity index (χ1v) is 5.99. The first-order chi connectivity index (χ1) is 8.75. The molecule has 1 N–H and O–H groups in total. The Kier molecular flexibility index (Phi) is 4.07. The molecule has 0 radical (unpaired) electrons. The first kappa shape index (κ1) is 12.3. The molecule has 0 spiro atoms. The average Bonchev–Trinajstić information content (AvgIpc) is 2.40. The van der Waals surface area contributed by atoms with Crippen LogP contribution in [0.3, 0.4) is 0 Å². The Morgan fingerprint density at radius 3 is 2.67 bits per heavy atom. The van der Waals surface area contributed by atoms with E-state index < -0.39 is 0 Å². The molecule has 0 fully saturated rings. The molecule has 1 unspecified atom stereocenters. The van der Waals surface area contributed by atoms with Gasteiger partial charge in [-0.25, -0.2) is 0 Å². The second-order valence-corrected chi connectivity index (χ2v) is 4.24. The van der Waals surface area contributed by atoms with Crippen LogP contribution in [0.25, 0.3) is 0 Å². The molecule has 0 aliphatic heterocycles. The lowest BCUT2D eigenvalue weighted by molar-refractivity contribution is -0.121. The van der Waals surface area contributed by atoms with Gasteiger partial charge >= 0.3 is 0 Å². The second kappa shape index (κ2) is 5.96. The number of hydrogen-bond donors (Lipinski definition) is 1. The number of benzene rings is 1. The van der Waals surface area contributed by atoms with Crippen molar-refractivity contribution < 1.29 is 4.79 Å². The van der Waals surface area contributed by atoms with Crippen molar-refractivity contribution in [2.75, 3.05) is 0 Å². The third-order valence-electron chi connectivity index (χ3n) is 2.77. The molecule has 3 heteroatoms. The summed E-state index contributed by atoms with van der Waals surface area (Å²) in [5.74, 6) is 0.0255. The van der Waals surface area contributed by atoms with Crippen molar-refractivity contribution in [3.05, 3.63) is 66.0 Å². The summed E-state index contributed by atoms with van der Waals surface area (Å²) in [7, 11) is 0. The van der Waals surface area contributed by atoms with Crippen LogP contribution in [0.5, 0.6) is 0 Å². The quantitative estimate of drug-likeness (QED) is 0.892. The second-order valence-electron chi connectivity index (χ2n) is 4.24. The summed E-state index contributed by atoms with van der Waals surface area (Å²) in [6.07, 6.45) is 3.90. The van der Waals surface area contributed by atoms with E-state index in [4.69, 9.17) is 0 Å². The summed E-state index contributed by atoms with van der Waals surface area (Å²) >= 11 is 0. The molecular formula is C15H16N2O. The van der Waals surface area contributed by atoms with Gasteiger partial charge in [0.1, 0.15) is 0 Å². The Balaban J connectivity index is 1.92. The highest BCUT2D eigenvalue weighted by atomic mass is 16.1. The van der Waals surface area contributed by atoms with Gasteiger partial charge in [-0.3, -0.25) is 9.78 Å². The Morgan fingerprint density at radius 2 is 2.00 bits per heavy atom. The monoisotopic (exact) mass is 240 g/mol. The smallest absolute Gasteiger partial charge is 0.224 e. The molecule has 3 nitrogen and oxygen atoms in total. The van der Waals surface area contributed by atoms with Crippen LogP contribution in [-0.2, 0) is 11.2 Å². The van der Waals surface area contributed by atoms with Crippen LogP contribution in [0.4, 0.5) is 0 Å². The van der Waals surface area contributed by atoms with Crippen LogP contribution in [0.1, 0.15) is 24.1 Å². The van der Waals surface area contributed by atoms with Gasteiger partial charge in [0.05, 0.1) is 12.5 Å². The summed E-state index contributed by atoms with van der Waals surface area (Å²) in [5.41, 5.74) is 2.03. The highest BCUT2D eigenvalue weighted by molar-refractivity contribution is 5.78. The van der Waals surface area contributed by atoms with Crippen molar-refractivity contribution in [3.63, 3.8) is 0 Å². The number of nitrogens with one attached hydrogen (secondary N) is 1. The van der Waals surface area contributed by atoms with E-state index in [0.29, 0.717) is 6.42 Å². The highest BCUT2D eigenvalue weighted by Gasteiger charge is 2.09. The molecule has 2 rings (SSSR count). The van der Waals surface area contributed by atoms with E-state index in [0.717, 1.165) is 11.1 Å². The molecule has 2 aromatic rings. The first-order valence-electron chi connectivity index (χ1n) is 5.99. The molecule has 0 saturated heterocycles. The number of rotatable bonds is 4. The number of hydrogen-bond acceptors (Lipinski definition) is 2. The molecule has 0 saturated carbocycles. The van der Waals surface area contributed by atoms with Gasteiger partial charge in [-0.05, 0) is 24.1 Å². The third kappa shape index (κ3) is 3.42. The van der Waals surface area contributed by atoms with E-state index >= 15 is 0 Å². The number of nitrogens with zero attached hydrogens (tertiary/aromatic N) is 1. The maximum absolute atomic E-state index is 11.9. The van der Waals surface area contributed by atoms with Gasteiger partial charge in [-0.1, -0.05) is 36.4 Å². The van der Waals surface area contributed by atoms with Crippen LogP contribution in [0, 0.1) is 0 Å². The fourth-order valence-electron chi connectivity index (χ4n) is 1.79. The van der Waals surface area contributed by atoms with E-state index in [1.807, 2.05) is 49.4 Å². The van der Waals surface area contributed by atoms with Crippen LogP contribution in [-0.4, -0.2) is 10.9 Å². The molecule has 1 heterocycles. The fourth-order valence-corrected chi connectivity index (χ4v) is 1.79. The van der Waals surface area contributed by atoms with Crippen LogP contribution in [0.15, 0.2) is 54.9 Å². The zero-order valence-electron chi connectivity index (χ0n) is 10.3. The summed E-state index contributed by atoms with van der Waals surface area (Å²) < 4.78 is 0. The Bertz CT molecular complexity index is 496. The number of pyridine rings is 1. The minimum Gasteiger partial charge on any atom is -0.349 e. The van der Waals surface area contributed by atoms with Crippen molar-refractivity contribution in [2.45, 2.75) is 19.4 Å². The van der Waals surface area contributed by atoms with Crippen molar-refractivity contribution in [1.82, 2.24) is 10.3 Å². The maximum atomic E-state index is 11.9. The normalized spacial score (nSPS) is 11.8. The topological polar surface area (TPSA) is 42.0 Å². The molecule has 0 aliphatic carbocycles. The fraction of sp³-hybridized carbons (Fsp3) is 0.200. The standard InChI is InChI=1S/C15H16N2O/c1-12(14-8-5-9-16-11-14)17-15(18)10-13-6-3-2-4-7-13/h2-9,11-12H,10H2,1H3,(H,17,18). The number of aromatic nitrogens is 1. The lowest BCUT2D eigenvalue weighted by Gasteiger charge is -2.13. The molecule has 18 heavy (non-hydrogen) atoms. The van der Waals surface area contributed by atoms with Gasteiger partial charge in [0.2, 0.25) is 5.91 Å². The van der Waals surface area contributed by atoms with Gasteiger partial charge in [0.15, 0.2) is 0 Å². The van der Waals surface area contributed by atoms with E-state index in [1.165, 1.54) is 0 Å². The van der Waals surface area contributed by atoms with Crippen molar-refractivity contribution >= 4 is 5.91 Å². The zero-order chi connectivity index (χ0) is 12.8. The molecular weight excluding hydrogens is 224 g/mol. The van der Waals surface area contributed by atoms with Gasteiger partial charge in [-0.15, -0.1) is 0 Å². The molecule has 0 aliphatic rings. The average molecular weight is 240 g/mol. The molecule has 1 aromatic carbocycles. The van der Waals surface area contributed by atoms with Gasteiger partial charge in [0, 0.05) is 12.4 Å². The summed E-state index contributed by atoms with van der Waals surface area (Å²) in [6, 6.07) is 13.5. The molecule has 1 amide bonds. The van der Waals surface area contributed by atoms with Gasteiger partial charge in [-0.2, -0.15) is 0 Å². The number of carbonyl (C=O) groups is 1. The Morgan fingerprint density at radius 1 is 1.22 bits per heavy atom. The van der Waals surface area contributed by atoms with Crippen molar-refractivity contribution in [1.29, 1.82) is 0 Å². The summed E-state index contributed by atoms with van der Waals surface area (Å²) in [5, 5.41) is 2.97. The van der Waals surface area contributed by atoms with E-state index in [9.17, 15) is 4.79 Å². The molecule has 1 aromatic heterocycles. The lowest BCUT2D eigenvalue weighted by atomic mass is 10.1. The Labute approximate surface area is 107 Å². The minimum absolute atomic E-state index is 0.0186. The van der Waals surface area contributed by atoms with E-state index in [2.05, 4.69) is 10.3 Å². The molecule has 92 valence electrons. The van der Waals surface area contributed by atoms with Gasteiger partial charge in [0.25, 0.3) is 0 Å². The third-order valence-corrected chi connectivity index (χ3v) is 2.77. The number of amides is 1. The highest BCUT2D eigenvalue weighted by Crippen LogP contribution is 2.10. The molecule has 0 bridgehead atoms. The lowest BCUT2D eigenvalue weighted by Crippen LogP contribution is -2.28. The van der Waals surface area contributed by atoms with E-state index in [-0.39, 0.29) is 11.9 Å². The maximum Gasteiger partial charge on any atom is 0.224 e. The predicted octanol–water partition coefficient (Wildman–Crippen LogP) is 2.50. The van der Waals surface area contributed by atoms with Gasteiger partial charge < -0.3 is 5.32 Å². The predicted molar refractivity (Wildman–Crippen MR) is 70.9 cm³/mol. The van der Waals surface area contributed by atoms with Crippen LogP contribution >= 0.6 is 0 Å². The largest absolute Gasteiger partial charge is 0.349 e. The SMILES string of the molecule is CC(NC(=O)Cc1ccccc1)c1cccnc1. The minimum atomic E-state index is -0.0186. The zero-order valence-corrected chi connectivity index (χ0v) is 10.3. The summed E-state index contributed by atoms with van der Waals surface area (Å²) in [6.45, 7) is 1.96. The van der Waals surface area contributed by atoms with Crippen molar-refractivity contribution in [2.24, 2.45) is 0 Å². The van der Waals surface area contributed by atoms with Crippen molar-refractivity contribution in [3.8, 4) is 0 Å². The number of carbonyl (C=O) groups excluding carboxylic acids is 1. The Hall–Kier alpha value is -2.16. The van der Waals surface area contributed by atoms with Crippen LogP contribution < -0.4 is 5.32 Å².